The van der Waals surface area contributed by atoms with Crippen molar-refractivity contribution in [1.82, 2.24) is 10.3 Å². The fourth-order valence-corrected chi connectivity index (χ4v) is 1.46. The van der Waals surface area contributed by atoms with Gasteiger partial charge in [-0.05, 0) is 20.8 Å². The monoisotopic (exact) mass is 212 g/mol. The van der Waals surface area contributed by atoms with E-state index < -0.39 is 0 Å². The molecule has 1 rings (SSSR count). The summed E-state index contributed by atoms with van der Waals surface area (Å²) < 4.78 is 0. The molecule has 0 fully saturated rings. The summed E-state index contributed by atoms with van der Waals surface area (Å²) in [6.07, 6.45) is 0. The van der Waals surface area contributed by atoms with E-state index in [4.69, 9.17) is 5.73 Å². The molecule has 0 saturated carbocycles. The SMILES string of the molecule is CC(C)(C)NC(N)=NCc1cscn1. The first-order valence-electron chi connectivity index (χ1n) is 4.42. The van der Waals surface area contributed by atoms with Gasteiger partial charge >= 0.3 is 0 Å². The summed E-state index contributed by atoms with van der Waals surface area (Å²) in [5, 5.41) is 5.05. The molecule has 0 bridgehead atoms. The zero-order chi connectivity index (χ0) is 10.6. The Kier molecular flexibility index (Phi) is 3.46. The summed E-state index contributed by atoms with van der Waals surface area (Å²) >= 11 is 1.56. The first-order valence-corrected chi connectivity index (χ1v) is 5.37. The molecule has 78 valence electrons. The van der Waals surface area contributed by atoms with Gasteiger partial charge in [0.25, 0.3) is 0 Å². The molecule has 4 nitrogen and oxygen atoms in total. The van der Waals surface area contributed by atoms with Crippen LogP contribution in [0.4, 0.5) is 0 Å². The number of aromatic nitrogens is 1. The highest BCUT2D eigenvalue weighted by Crippen LogP contribution is 2.02. The van der Waals surface area contributed by atoms with E-state index in [1.54, 1.807) is 16.8 Å². The van der Waals surface area contributed by atoms with E-state index in [-0.39, 0.29) is 5.54 Å². The average Bonchev–Trinajstić information content (AvgIpc) is 2.49. The van der Waals surface area contributed by atoms with Crippen molar-refractivity contribution in [3.8, 4) is 0 Å². The van der Waals surface area contributed by atoms with Crippen molar-refractivity contribution in [3.63, 3.8) is 0 Å². The highest BCUT2D eigenvalue weighted by atomic mass is 32.1. The van der Waals surface area contributed by atoms with Gasteiger partial charge in [-0.3, -0.25) is 0 Å². The van der Waals surface area contributed by atoms with Gasteiger partial charge in [0.1, 0.15) is 0 Å². The molecule has 0 aliphatic heterocycles. The van der Waals surface area contributed by atoms with Gasteiger partial charge in [0.05, 0.1) is 17.7 Å². The van der Waals surface area contributed by atoms with Crippen LogP contribution in [0.3, 0.4) is 0 Å². The molecular formula is C9H16N4S. The van der Waals surface area contributed by atoms with Crippen LogP contribution in [0.5, 0.6) is 0 Å². The number of guanidine groups is 1. The van der Waals surface area contributed by atoms with Gasteiger partial charge in [0.2, 0.25) is 0 Å². The molecule has 0 unspecified atom stereocenters. The Hall–Kier alpha value is -1.10. The standard InChI is InChI=1S/C9H16N4S/c1-9(2,3)13-8(10)11-4-7-5-14-6-12-7/h5-6H,4H2,1-3H3,(H3,10,11,13). The topological polar surface area (TPSA) is 63.3 Å². The first-order chi connectivity index (χ1) is 6.47. The number of hydrogen-bond acceptors (Lipinski definition) is 3. The Morgan fingerprint density at radius 1 is 1.64 bits per heavy atom. The highest BCUT2D eigenvalue weighted by molar-refractivity contribution is 7.07. The second-order valence-corrected chi connectivity index (χ2v) is 4.77. The van der Waals surface area contributed by atoms with Crippen molar-refractivity contribution in [2.24, 2.45) is 10.7 Å². The maximum absolute atomic E-state index is 5.69. The predicted octanol–water partition coefficient (Wildman–Crippen LogP) is 1.35. The van der Waals surface area contributed by atoms with Crippen LogP contribution in [0.15, 0.2) is 15.9 Å². The zero-order valence-corrected chi connectivity index (χ0v) is 9.56. The lowest BCUT2D eigenvalue weighted by Crippen LogP contribution is -2.44. The van der Waals surface area contributed by atoms with Crippen LogP contribution in [0.25, 0.3) is 0 Å². The fraction of sp³-hybridized carbons (Fsp3) is 0.556. The lowest BCUT2D eigenvalue weighted by atomic mass is 10.1. The number of nitrogens with two attached hydrogens (primary N) is 1. The molecule has 0 aliphatic rings. The molecule has 0 spiro atoms. The van der Waals surface area contributed by atoms with Gasteiger partial charge in [0, 0.05) is 10.9 Å². The molecule has 0 atom stereocenters. The Morgan fingerprint density at radius 2 is 2.36 bits per heavy atom. The van der Waals surface area contributed by atoms with Gasteiger partial charge in [-0.1, -0.05) is 0 Å². The van der Waals surface area contributed by atoms with E-state index in [9.17, 15) is 0 Å². The minimum absolute atomic E-state index is 0.0460. The van der Waals surface area contributed by atoms with Gasteiger partial charge in [-0.25, -0.2) is 9.98 Å². The van der Waals surface area contributed by atoms with Crippen LogP contribution in [-0.2, 0) is 6.54 Å². The second kappa shape index (κ2) is 4.41. The predicted molar refractivity (Wildman–Crippen MR) is 60.3 cm³/mol. The number of hydrogen-bond donors (Lipinski definition) is 2. The molecule has 3 N–H and O–H groups in total. The molecule has 0 aliphatic carbocycles. The van der Waals surface area contributed by atoms with Crippen molar-refractivity contribution in [1.29, 1.82) is 0 Å². The van der Waals surface area contributed by atoms with Crippen molar-refractivity contribution in [3.05, 3.63) is 16.6 Å². The molecule has 1 heterocycles. The molecule has 1 aromatic heterocycles. The number of rotatable bonds is 2. The lowest BCUT2D eigenvalue weighted by Gasteiger charge is -2.20. The van der Waals surface area contributed by atoms with Crippen molar-refractivity contribution in [2.45, 2.75) is 32.9 Å². The van der Waals surface area contributed by atoms with Crippen LogP contribution in [0, 0.1) is 0 Å². The average molecular weight is 212 g/mol. The Bertz CT molecular complexity index is 297. The van der Waals surface area contributed by atoms with Crippen LogP contribution in [0.1, 0.15) is 26.5 Å². The maximum atomic E-state index is 5.69. The Morgan fingerprint density at radius 3 is 2.86 bits per heavy atom. The molecule has 1 aromatic rings. The number of nitrogens with one attached hydrogen (secondary N) is 1. The van der Waals surface area contributed by atoms with E-state index in [2.05, 4.69) is 15.3 Å². The van der Waals surface area contributed by atoms with Crippen molar-refractivity contribution >= 4 is 17.3 Å². The quantitative estimate of drug-likeness (QED) is 0.574. The number of nitrogens with zero attached hydrogens (tertiary/aromatic N) is 2. The minimum Gasteiger partial charge on any atom is -0.370 e. The third-order valence-electron chi connectivity index (χ3n) is 1.40. The van der Waals surface area contributed by atoms with Crippen molar-refractivity contribution < 1.29 is 0 Å². The zero-order valence-electron chi connectivity index (χ0n) is 8.74. The van der Waals surface area contributed by atoms with E-state index >= 15 is 0 Å². The maximum Gasteiger partial charge on any atom is 0.189 e. The minimum atomic E-state index is -0.0460. The van der Waals surface area contributed by atoms with E-state index in [0.29, 0.717) is 12.5 Å². The largest absolute Gasteiger partial charge is 0.370 e. The summed E-state index contributed by atoms with van der Waals surface area (Å²) in [5.41, 5.74) is 8.39. The van der Waals surface area contributed by atoms with Crippen LogP contribution < -0.4 is 11.1 Å². The lowest BCUT2D eigenvalue weighted by molar-refractivity contribution is 0.508. The highest BCUT2D eigenvalue weighted by Gasteiger charge is 2.09. The van der Waals surface area contributed by atoms with E-state index in [0.717, 1.165) is 5.69 Å². The van der Waals surface area contributed by atoms with Gasteiger partial charge in [-0.15, -0.1) is 11.3 Å². The number of aliphatic imine (C=N–C) groups is 1. The molecule has 0 saturated heterocycles. The third kappa shape index (κ3) is 4.23. The number of thiazole rings is 1. The molecule has 5 heteroatoms. The van der Waals surface area contributed by atoms with E-state index in [1.165, 1.54) is 0 Å². The molecular weight excluding hydrogens is 196 g/mol. The van der Waals surface area contributed by atoms with Gasteiger partial charge in [0.15, 0.2) is 5.96 Å². The molecule has 0 aromatic carbocycles. The summed E-state index contributed by atoms with van der Waals surface area (Å²) in [4.78, 5) is 8.29. The van der Waals surface area contributed by atoms with Gasteiger partial charge < -0.3 is 11.1 Å². The second-order valence-electron chi connectivity index (χ2n) is 4.06. The molecule has 0 radical (unpaired) electrons. The van der Waals surface area contributed by atoms with Crippen LogP contribution >= 0.6 is 11.3 Å². The van der Waals surface area contributed by atoms with Crippen molar-refractivity contribution in [2.75, 3.05) is 0 Å². The third-order valence-corrected chi connectivity index (χ3v) is 2.03. The van der Waals surface area contributed by atoms with Gasteiger partial charge in [-0.2, -0.15) is 0 Å². The van der Waals surface area contributed by atoms with Crippen LogP contribution in [0.2, 0.25) is 0 Å². The van der Waals surface area contributed by atoms with Crippen LogP contribution in [-0.4, -0.2) is 16.5 Å². The Labute approximate surface area is 88.3 Å². The van der Waals surface area contributed by atoms with E-state index in [1.807, 2.05) is 26.2 Å². The Balaban J connectivity index is 2.45. The fourth-order valence-electron chi connectivity index (χ4n) is 0.906. The molecule has 14 heavy (non-hydrogen) atoms. The normalized spacial score (nSPS) is 12.9. The summed E-state index contributed by atoms with van der Waals surface area (Å²) in [7, 11) is 0. The smallest absolute Gasteiger partial charge is 0.189 e. The summed E-state index contributed by atoms with van der Waals surface area (Å²) in [6, 6.07) is 0. The summed E-state index contributed by atoms with van der Waals surface area (Å²) in [5.74, 6) is 0.463. The first kappa shape index (κ1) is 11.0. The molecule has 0 amide bonds. The summed E-state index contributed by atoms with van der Waals surface area (Å²) in [6.45, 7) is 6.66.